The van der Waals surface area contributed by atoms with Gasteiger partial charge in [0.25, 0.3) is 0 Å². The van der Waals surface area contributed by atoms with Gasteiger partial charge in [-0.15, -0.1) is 11.3 Å². The molecule has 1 aliphatic rings. The molecule has 7 heteroatoms. The topological polar surface area (TPSA) is 80.8 Å². The zero-order valence-corrected chi connectivity index (χ0v) is 14.0. The van der Waals surface area contributed by atoms with Crippen molar-refractivity contribution in [3.63, 3.8) is 0 Å². The molecule has 0 aromatic carbocycles. The third-order valence-corrected chi connectivity index (χ3v) is 5.38. The third-order valence-electron chi connectivity index (χ3n) is 4.47. The van der Waals surface area contributed by atoms with Gasteiger partial charge in [-0.2, -0.15) is 5.26 Å². The summed E-state index contributed by atoms with van der Waals surface area (Å²) < 4.78 is 8.91. The minimum Gasteiger partial charge on any atom is -0.375 e. The predicted octanol–water partition coefficient (Wildman–Crippen LogP) is 3.48. The molecule has 6 nitrogen and oxygen atoms in total. The molecule has 0 amide bonds. The molecule has 1 saturated heterocycles. The summed E-state index contributed by atoms with van der Waals surface area (Å²) in [6, 6.07) is 4.19. The number of ether oxygens (including phenoxy) is 1. The van der Waals surface area contributed by atoms with Gasteiger partial charge in [-0.3, -0.25) is 9.78 Å². The Hall–Kier alpha value is -2.30. The molecular formula is C17H16N4O2S. The fourth-order valence-electron chi connectivity index (χ4n) is 3.34. The van der Waals surface area contributed by atoms with Crippen LogP contribution in [0, 0.1) is 11.3 Å². The molecule has 1 aliphatic heterocycles. The smallest absolute Gasteiger partial charge is 0.195 e. The molecule has 0 N–H and O–H groups in total. The number of hydrogen-bond donors (Lipinski definition) is 0. The Morgan fingerprint density at radius 1 is 1.50 bits per heavy atom. The van der Waals surface area contributed by atoms with Crippen LogP contribution in [0.25, 0.3) is 21.3 Å². The maximum atomic E-state index is 12.1. The van der Waals surface area contributed by atoms with Gasteiger partial charge in [-0.1, -0.05) is 0 Å². The normalized spacial score (nSPS) is 21.2. The van der Waals surface area contributed by atoms with Crippen molar-refractivity contribution in [2.75, 3.05) is 6.61 Å². The molecule has 0 bridgehead atoms. The first-order valence-electron chi connectivity index (χ1n) is 7.92. The van der Waals surface area contributed by atoms with Crippen molar-refractivity contribution in [3.8, 4) is 6.07 Å². The number of carbonyl (C=O) groups is 1. The molecule has 4 rings (SSSR count). The molecule has 3 aromatic heterocycles. The molecule has 4 heterocycles. The Kier molecular flexibility index (Phi) is 3.79. The van der Waals surface area contributed by atoms with E-state index < -0.39 is 0 Å². The number of fused-ring (bicyclic) bond motifs is 3. The molecule has 3 aromatic rings. The van der Waals surface area contributed by atoms with Crippen molar-refractivity contribution in [1.82, 2.24) is 14.5 Å². The number of nitriles is 1. The second kappa shape index (κ2) is 5.96. The number of nitrogens with zero attached hydrogens (tertiary/aromatic N) is 4. The van der Waals surface area contributed by atoms with E-state index >= 15 is 0 Å². The van der Waals surface area contributed by atoms with Crippen LogP contribution in [0.1, 0.15) is 42.8 Å². The van der Waals surface area contributed by atoms with Crippen molar-refractivity contribution < 1.29 is 9.53 Å². The molecule has 122 valence electrons. The second-order valence-electron chi connectivity index (χ2n) is 6.04. The van der Waals surface area contributed by atoms with Crippen LogP contribution in [-0.2, 0) is 4.74 Å². The van der Waals surface area contributed by atoms with Crippen LogP contribution in [0.3, 0.4) is 0 Å². The van der Waals surface area contributed by atoms with Crippen LogP contribution in [0.4, 0.5) is 0 Å². The standard InChI is InChI=1S/C17H16N4O2S/c1-10(22)17-20-14-8-19-13-5-7-24-16(13)15(14)21(17)11-2-3-12(4-6-18)23-9-11/h5,7-8,11-12H,2-4,9H2,1H3/t11?,12-/m0/s1. The minimum absolute atomic E-state index is 0.00904. The maximum Gasteiger partial charge on any atom is 0.195 e. The molecule has 0 radical (unpaired) electrons. The number of aromatic nitrogens is 3. The highest BCUT2D eigenvalue weighted by Gasteiger charge is 2.28. The number of pyridine rings is 1. The average Bonchev–Trinajstić information content (AvgIpc) is 3.19. The van der Waals surface area contributed by atoms with Gasteiger partial charge >= 0.3 is 0 Å². The predicted molar refractivity (Wildman–Crippen MR) is 91.2 cm³/mol. The van der Waals surface area contributed by atoms with Gasteiger partial charge in [0.05, 0.1) is 53.2 Å². The number of rotatable bonds is 3. The van der Waals surface area contributed by atoms with Crippen LogP contribution in [0.15, 0.2) is 17.6 Å². The lowest BCUT2D eigenvalue weighted by Gasteiger charge is -2.30. The van der Waals surface area contributed by atoms with Gasteiger partial charge in [0.2, 0.25) is 0 Å². The number of thiophene rings is 1. The van der Waals surface area contributed by atoms with E-state index in [0.717, 1.165) is 34.1 Å². The van der Waals surface area contributed by atoms with Gasteiger partial charge < -0.3 is 9.30 Å². The lowest BCUT2D eigenvalue weighted by atomic mass is 10.0. The summed E-state index contributed by atoms with van der Waals surface area (Å²) in [6.07, 6.45) is 3.82. The lowest BCUT2D eigenvalue weighted by Crippen LogP contribution is -2.29. The number of ketones is 1. The van der Waals surface area contributed by atoms with Crippen molar-refractivity contribution in [2.24, 2.45) is 0 Å². The molecule has 1 fully saturated rings. The Bertz CT molecular complexity index is 960. The zero-order chi connectivity index (χ0) is 16.7. The van der Waals surface area contributed by atoms with Gasteiger partial charge in [0.15, 0.2) is 11.6 Å². The van der Waals surface area contributed by atoms with Gasteiger partial charge in [-0.05, 0) is 24.3 Å². The summed E-state index contributed by atoms with van der Waals surface area (Å²) in [4.78, 5) is 21.1. The quantitative estimate of drug-likeness (QED) is 0.682. The highest BCUT2D eigenvalue weighted by molar-refractivity contribution is 7.18. The number of Topliss-reactive ketones (excluding diaryl/α,β-unsaturated/α-hetero) is 1. The van der Waals surface area contributed by atoms with Crippen LogP contribution in [0.2, 0.25) is 0 Å². The maximum absolute atomic E-state index is 12.1. The Morgan fingerprint density at radius 3 is 3.08 bits per heavy atom. The number of carbonyl (C=O) groups excluding carboxylic acids is 1. The first-order valence-corrected chi connectivity index (χ1v) is 8.80. The Morgan fingerprint density at radius 2 is 2.38 bits per heavy atom. The summed E-state index contributed by atoms with van der Waals surface area (Å²) >= 11 is 1.61. The Labute approximate surface area is 142 Å². The average molecular weight is 340 g/mol. The molecule has 0 saturated carbocycles. The molecule has 0 spiro atoms. The SMILES string of the molecule is CC(=O)c1nc2cnc3ccsc3c2n1C1CC[C@@H](CC#N)OC1. The van der Waals surface area contributed by atoms with E-state index in [-0.39, 0.29) is 17.9 Å². The monoisotopic (exact) mass is 340 g/mol. The van der Waals surface area contributed by atoms with E-state index in [9.17, 15) is 4.79 Å². The highest BCUT2D eigenvalue weighted by atomic mass is 32.1. The van der Waals surface area contributed by atoms with Gasteiger partial charge in [-0.25, -0.2) is 4.98 Å². The molecule has 1 unspecified atom stereocenters. The molecule has 0 aliphatic carbocycles. The second-order valence-corrected chi connectivity index (χ2v) is 6.95. The summed E-state index contributed by atoms with van der Waals surface area (Å²) in [6.45, 7) is 2.03. The van der Waals surface area contributed by atoms with Crippen molar-refractivity contribution in [2.45, 2.75) is 38.3 Å². The molecule has 24 heavy (non-hydrogen) atoms. The minimum atomic E-state index is -0.0601. The van der Waals surface area contributed by atoms with E-state index in [1.165, 1.54) is 0 Å². The zero-order valence-electron chi connectivity index (χ0n) is 13.2. The van der Waals surface area contributed by atoms with E-state index in [2.05, 4.69) is 16.0 Å². The first-order chi connectivity index (χ1) is 11.7. The van der Waals surface area contributed by atoms with Crippen molar-refractivity contribution in [3.05, 3.63) is 23.5 Å². The largest absolute Gasteiger partial charge is 0.375 e. The fourth-order valence-corrected chi connectivity index (χ4v) is 4.23. The summed E-state index contributed by atoms with van der Waals surface area (Å²) in [5.41, 5.74) is 2.63. The summed E-state index contributed by atoms with van der Waals surface area (Å²) in [5, 5.41) is 10.8. The van der Waals surface area contributed by atoms with Crippen molar-refractivity contribution in [1.29, 1.82) is 5.26 Å². The van der Waals surface area contributed by atoms with Crippen LogP contribution >= 0.6 is 11.3 Å². The first kappa shape index (κ1) is 15.2. The summed E-state index contributed by atoms with van der Waals surface area (Å²) in [7, 11) is 0. The highest BCUT2D eigenvalue weighted by Crippen LogP contribution is 2.34. The van der Waals surface area contributed by atoms with Crippen LogP contribution in [0.5, 0.6) is 0 Å². The van der Waals surface area contributed by atoms with E-state index in [1.54, 1.807) is 24.5 Å². The molecule has 2 atom stereocenters. The van der Waals surface area contributed by atoms with E-state index in [4.69, 9.17) is 10.00 Å². The third kappa shape index (κ3) is 2.39. The fraction of sp³-hybridized carbons (Fsp3) is 0.412. The number of imidazole rings is 1. The summed E-state index contributed by atoms with van der Waals surface area (Å²) in [5.74, 6) is 0.398. The van der Waals surface area contributed by atoms with Gasteiger partial charge in [0, 0.05) is 6.92 Å². The van der Waals surface area contributed by atoms with Gasteiger partial charge in [0.1, 0.15) is 5.52 Å². The van der Waals surface area contributed by atoms with Crippen LogP contribution in [-0.4, -0.2) is 33.0 Å². The number of hydrogen-bond acceptors (Lipinski definition) is 6. The van der Waals surface area contributed by atoms with Crippen LogP contribution < -0.4 is 0 Å². The lowest BCUT2D eigenvalue weighted by molar-refractivity contribution is -0.00802. The van der Waals surface area contributed by atoms with Crippen molar-refractivity contribution >= 4 is 38.4 Å². The van der Waals surface area contributed by atoms with E-state index in [0.29, 0.717) is 18.9 Å². The molecular weight excluding hydrogens is 324 g/mol. The Balaban J connectivity index is 1.84. The van der Waals surface area contributed by atoms with E-state index in [1.807, 2.05) is 16.0 Å².